The summed E-state index contributed by atoms with van der Waals surface area (Å²) in [5.41, 5.74) is 0.722. The second-order valence-corrected chi connectivity index (χ2v) is 13.0. The lowest BCUT2D eigenvalue weighted by Gasteiger charge is -2.63. The number of rotatable bonds is 5. The highest BCUT2D eigenvalue weighted by Gasteiger charge is 2.65. The maximum Gasteiger partial charge on any atom is 0.224 e. The Morgan fingerprint density at radius 2 is 1.77 bits per heavy atom. The van der Waals surface area contributed by atoms with Gasteiger partial charge in [0.1, 0.15) is 0 Å². The van der Waals surface area contributed by atoms with Gasteiger partial charge in [0.2, 0.25) is 5.91 Å². The van der Waals surface area contributed by atoms with Crippen molar-refractivity contribution in [3.05, 3.63) is 30.3 Å². The Balaban J connectivity index is 1.29. The number of fused-ring (bicyclic) bond motifs is 5. The number of carbonyl (C=O) groups is 1. The van der Waals surface area contributed by atoms with Crippen molar-refractivity contribution >= 4 is 11.6 Å². The minimum atomic E-state index is -0.378. The van der Waals surface area contributed by atoms with Crippen molar-refractivity contribution in [1.82, 2.24) is 0 Å². The van der Waals surface area contributed by atoms with Crippen LogP contribution in [0, 0.1) is 46.3 Å². The van der Waals surface area contributed by atoms with Crippen molar-refractivity contribution in [1.29, 1.82) is 0 Å². The van der Waals surface area contributed by atoms with E-state index in [2.05, 4.69) is 26.1 Å². The van der Waals surface area contributed by atoms with Gasteiger partial charge in [-0.15, -0.1) is 0 Å². The van der Waals surface area contributed by atoms with Gasteiger partial charge in [0, 0.05) is 12.1 Å². The maximum absolute atomic E-state index is 12.6. The molecule has 5 nitrogen and oxygen atoms in total. The molecule has 4 fully saturated rings. The first kappa shape index (κ1) is 25.2. The van der Waals surface area contributed by atoms with Gasteiger partial charge in [-0.05, 0) is 110 Å². The monoisotopic (exact) mass is 483 g/mol. The van der Waals surface area contributed by atoms with Gasteiger partial charge >= 0.3 is 0 Å². The molecule has 1 amide bonds. The summed E-state index contributed by atoms with van der Waals surface area (Å²) in [6, 6.07) is 9.61. The topological polar surface area (TPSA) is 89.8 Å². The van der Waals surface area contributed by atoms with Crippen LogP contribution in [0.4, 0.5) is 5.69 Å². The predicted octanol–water partition coefficient (Wildman–Crippen LogP) is 5.00. The minimum Gasteiger partial charge on any atom is -0.393 e. The third kappa shape index (κ3) is 4.26. The number of anilines is 1. The zero-order valence-electron chi connectivity index (χ0n) is 21.7. The van der Waals surface area contributed by atoms with E-state index in [0.717, 1.165) is 57.1 Å². The molecule has 0 aromatic heterocycles. The van der Waals surface area contributed by atoms with E-state index < -0.39 is 0 Å². The van der Waals surface area contributed by atoms with E-state index in [1.807, 2.05) is 30.3 Å². The van der Waals surface area contributed by atoms with Crippen molar-refractivity contribution < 1.29 is 20.1 Å². The van der Waals surface area contributed by atoms with Crippen molar-refractivity contribution in [2.75, 3.05) is 5.32 Å². The van der Waals surface area contributed by atoms with Crippen LogP contribution >= 0.6 is 0 Å². The average Bonchev–Trinajstić information content (AvgIpc) is 3.18. The number of para-hydroxylation sites is 1. The first-order valence-electron chi connectivity index (χ1n) is 14.0. The standard InChI is InChI=1S/C30H45NO4/c1-18(9-12-27(35)31-20-7-5-4-6-8-20)22-10-11-23-28-24(17-26(34)30(22,23)3)29(2)14-13-21(32)15-19(29)16-25(28)33/h4-8,18-19,21-26,28,32-34H,9-17H2,1-3H3,(H,31,35)/t18?,19?,21-,22-,23?,24?,25-,26+,28?,29+,30-/m1/s1. The molecule has 5 rings (SSSR count). The van der Waals surface area contributed by atoms with E-state index in [-0.39, 0.29) is 41.0 Å². The SMILES string of the molecule is CC(CCC(=O)Nc1ccccc1)[C@H]1CCC2C3C(C[C@H](O)[C@@]21C)[C@@]1(C)CC[C@@H](O)CC1C[C@H]3O. The van der Waals surface area contributed by atoms with E-state index in [1.165, 1.54) is 0 Å². The Labute approximate surface area is 210 Å². The van der Waals surface area contributed by atoms with Crippen LogP contribution in [0.25, 0.3) is 0 Å². The highest BCUT2D eigenvalue weighted by molar-refractivity contribution is 5.90. The number of hydrogen-bond donors (Lipinski definition) is 4. The number of nitrogens with one attached hydrogen (secondary N) is 1. The number of hydrogen-bond acceptors (Lipinski definition) is 4. The third-order valence-corrected chi connectivity index (χ3v) is 11.4. The molecule has 194 valence electrons. The maximum atomic E-state index is 12.6. The van der Waals surface area contributed by atoms with Gasteiger partial charge in [-0.25, -0.2) is 0 Å². The van der Waals surface area contributed by atoms with Crippen LogP contribution in [0.2, 0.25) is 0 Å². The normalized spacial score (nSPS) is 45.7. The predicted molar refractivity (Wildman–Crippen MR) is 137 cm³/mol. The van der Waals surface area contributed by atoms with Crippen LogP contribution < -0.4 is 5.32 Å². The van der Waals surface area contributed by atoms with Gasteiger partial charge in [0.05, 0.1) is 18.3 Å². The van der Waals surface area contributed by atoms with Gasteiger partial charge in [-0.1, -0.05) is 39.0 Å². The van der Waals surface area contributed by atoms with E-state index in [4.69, 9.17) is 0 Å². The fraction of sp³-hybridized carbons (Fsp3) is 0.767. The van der Waals surface area contributed by atoms with Crippen molar-refractivity contribution in [2.45, 2.75) is 96.9 Å². The fourth-order valence-electron chi connectivity index (χ4n) is 9.44. The number of benzene rings is 1. The molecule has 0 spiro atoms. The summed E-state index contributed by atoms with van der Waals surface area (Å²) in [5.74, 6) is 1.97. The number of aliphatic hydroxyl groups excluding tert-OH is 3. The Kier molecular flexibility index (Phi) is 6.82. The second-order valence-electron chi connectivity index (χ2n) is 13.0. The summed E-state index contributed by atoms with van der Waals surface area (Å²) >= 11 is 0. The molecule has 4 aliphatic carbocycles. The first-order chi connectivity index (χ1) is 16.6. The van der Waals surface area contributed by atoms with Crippen molar-refractivity contribution in [3.8, 4) is 0 Å². The number of carbonyl (C=O) groups excluding carboxylic acids is 1. The molecule has 1 aromatic rings. The van der Waals surface area contributed by atoms with E-state index in [0.29, 0.717) is 36.0 Å². The minimum absolute atomic E-state index is 0.0492. The Hall–Kier alpha value is -1.43. The van der Waals surface area contributed by atoms with E-state index in [1.54, 1.807) is 0 Å². The molecule has 11 atom stereocenters. The van der Waals surface area contributed by atoms with E-state index in [9.17, 15) is 20.1 Å². The van der Waals surface area contributed by atoms with Crippen LogP contribution in [0.5, 0.6) is 0 Å². The smallest absolute Gasteiger partial charge is 0.224 e. The molecule has 35 heavy (non-hydrogen) atoms. The summed E-state index contributed by atoms with van der Waals surface area (Å²) in [7, 11) is 0. The molecule has 5 unspecified atom stereocenters. The van der Waals surface area contributed by atoms with Crippen molar-refractivity contribution in [3.63, 3.8) is 0 Å². The molecule has 0 saturated heterocycles. The first-order valence-corrected chi connectivity index (χ1v) is 14.0. The highest BCUT2D eigenvalue weighted by atomic mass is 16.3. The highest BCUT2D eigenvalue weighted by Crippen LogP contribution is 2.68. The van der Waals surface area contributed by atoms with Gasteiger partial charge in [-0.3, -0.25) is 4.79 Å². The van der Waals surface area contributed by atoms with Crippen LogP contribution in [-0.4, -0.2) is 39.5 Å². The van der Waals surface area contributed by atoms with Gasteiger partial charge in [-0.2, -0.15) is 0 Å². The molecule has 0 radical (unpaired) electrons. The average molecular weight is 484 g/mol. The zero-order valence-corrected chi connectivity index (χ0v) is 21.7. The lowest BCUT2D eigenvalue weighted by atomic mass is 9.43. The molecule has 4 saturated carbocycles. The van der Waals surface area contributed by atoms with Gasteiger partial charge in [0.15, 0.2) is 0 Å². The fourth-order valence-corrected chi connectivity index (χ4v) is 9.44. The zero-order chi connectivity index (χ0) is 25.0. The van der Waals surface area contributed by atoms with Crippen molar-refractivity contribution in [2.24, 2.45) is 46.3 Å². The molecule has 0 bridgehead atoms. The third-order valence-electron chi connectivity index (χ3n) is 11.4. The van der Waals surface area contributed by atoms with Gasteiger partial charge in [0.25, 0.3) is 0 Å². The molecular formula is C30H45NO4. The molecule has 4 N–H and O–H groups in total. The van der Waals surface area contributed by atoms with Crippen LogP contribution in [0.1, 0.15) is 78.6 Å². The quantitative estimate of drug-likeness (QED) is 0.474. The van der Waals surface area contributed by atoms with Crippen LogP contribution in [-0.2, 0) is 4.79 Å². The number of amides is 1. The Morgan fingerprint density at radius 1 is 1.03 bits per heavy atom. The number of aliphatic hydroxyl groups is 3. The molecule has 0 aliphatic heterocycles. The lowest BCUT2D eigenvalue weighted by Crippen LogP contribution is -2.62. The van der Waals surface area contributed by atoms with Crippen LogP contribution in [0.15, 0.2) is 30.3 Å². The second kappa shape index (κ2) is 9.46. The Bertz CT molecular complexity index is 907. The van der Waals surface area contributed by atoms with E-state index >= 15 is 0 Å². The molecule has 0 heterocycles. The van der Waals surface area contributed by atoms with Crippen LogP contribution in [0.3, 0.4) is 0 Å². The molecule has 4 aliphatic rings. The molecule has 5 heteroatoms. The molecular weight excluding hydrogens is 438 g/mol. The van der Waals surface area contributed by atoms with Gasteiger partial charge < -0.3 is 20.6 Å². The largest absolute Gasteiger partial charge is 0.393 e. The summed E-state index contributed by atoms with van der Waals surface area (Å²) in [4.78, 5) is 12.6. The Morgan fingerprint density at radius 3 is 2.51 bits per heavy atom. The lowest BCUT2D eigenvalue weighted by molar-refractivity contribution is -0.207. The summed E-state index contributed by atoms with van der Waals surface area (Å²) < 4.78 is 0. The summed E-state index contributed by atoms with van der Waals surface area (Å²) in [6.45, 7) is 6.91. The summed E-state index contributed by atoms with van der Waals surface area (Å²) in [5, 5.41) is 36.4. The summed E-state index contributed by atoms with van der Waals surface area (Å²) in [6.07, 6.45) is 6.64. The molecule has 1 aromatic carbocycles.